The Morgan fingerprint density at radius 2 is 2.03 bits per heavy atom. The fourth-order valence-electron chi connectivity index (χ4n) is 3.39. The van der Waals surface area contributed by atoms with Crippen LogP contribution >= 0.6 is 11.3 Å². The van der Waals surface area contributed by atoms with Crippen LogP contribution in [0.3, 0.4) is 0 Å². The summed E-state index contributed by atoms with van der Waals surface area (Å²) < 4.78 is 28.9. The maximum absolute atomic E-state index is 12.8. The van der Waals surface area contributed by atoms with E-state index in [9.17, 15) is 13.2 Å². The van der Waals surface area contributed by atoms with E-state index in [1.165, 1.54) is 11.3 Å². The lowest BCUT2D eigenvalue weighted by Gasteiger charge is -2.25. The van der Waals surface area contributed by atoms with Crippen LogP contribution in [-0.4, -0.2) is 51.7 Å². The summed E-state index contributed by atoms with van der Waals surface area (Å²) in [5.41, 5.74) is 1.29. The Morgan fingerprint density at radius 3 is 2.79 bits per heavy atom. The van der Waals surface area contributed by atoms with Crippen molar-refractivity contribution in [2.24, 2.45) is 0 Å². The summed E-state index contributed by atoms with van der Waals surface area (Å²) in [7, 11) is -3.50. The molecule has 1 saturated heterocycles. The van der Waals surface area contributed by atoms with Crippen LogP contribution in [-0.2, 0) is 21.4 Å². The fraction of sp³-hybridized carbons (Fsp3) is 0.444. The van der Waals surface area contributed by atoms with Gasteiger partial charge in [-0.25, -0.2) is 18.1 Å². The van der Waals surface area contributed by atoms with E-state index in [4.69, 9.17) is 0 Å². The van der Waals surface area contributed by atoms with Crippen molar-refractivity contribution in [2.75, 3.05) is 18.4 Å². The van der Waals surface area contributed by atoms with Crippen LogP contribution in [0.2, 0.25) is 0 Å². The van der Waals surface area contributed by atoms with Crippen LogP contribution in [0.25, 0.3) is 11.0 Å². The number of sulfonamides is 1. The first kappa shape index (κ1) is 19.9. The summed E-state index contributed by atoms with van der Waals surface area (Å²) in [5, 5.41) is 13.4. The molecule has 1 amide bonds. The number of benzene rings is 1. The number of amides is 1. The van der Waals surface area contributed by atoms with Crippen LogP contribution in [0.15, 0.2) is 34.7 Å². The molecule has 1 aliphatic heterocycles. The molecule has 4 rings (SSSR count). The zero-order valence-electron chi connectivity index (χ0n) is 15.8. The van der Waals surface area contributed by atoms with Gasteiger partial charge in [0.2, 0.25) is 15.9 Å². The van der Waals surface area contributed by atoms with Gasteiger partial charge < -0.3 is 5.32 Å². The maximum atomic E-state index is 12.8. The van der Waals surface area contributed by atoms with E-state index < -0.39 is 10.0 Å². The molecule has 3 aromatic rings. The molecule has 9 nitrogen and oxygen atoms in total. The summed E-state index contributed by atoms with van der Waals surface area (Å²) in [5.74, 6) is -0.0979. The highest BCUT2D eigenvalue weighted by atomic mass is 32.2. The fourth-order valence-corrected chi connectivity index (χ4v) is 5.47. The SMILES string of the molecule is O=C(CCCn1nnc2cc(S(=O)(=O)N3CCCCC3)ccc21)Nc1nccs1. The van der Waals surface area contributed by atoms with E-state index in [0.717, 1.165) is 24.8 Å². The van der Waals surface area contributed by atoms with Crippen molar-refractivity contribution in [1.82, 2.24) is 24.3 Å². The molecule has 1 fully saturated rings. The van der Waals surface area contributed by atoms with Crippen LogP contribution in [0.5, 0.6) is 0 Å². The van der Waals surface area contributed by atoms with E-state index in [1.54, 1.807) is 38.8 Å². The number of thiazole rings is 1. The third-order valence-electron chi connectivity index (χ3n) is 4.89. The zero-order chi connectivity index (χ0) is 20.3. The number of anilines is 1. The number of nitrogens with zero attached hydrogens (tertiary/aromatic N) is 5. The lowest BCUT2D eigenvalue weighted by molar-refractivity contribution is -0.116. The highest BCUT2D eigenvalue weighted by Gasteiger charge is 2.26. The van der Waals surface area contributed by atoms with Crippen molar-refractivity contribution < 1.29 is 13.2 Å². The average molecular weight is 435 g/mol. The van der Waals surface area contributed by atoms with Gasteiger partial charge in [-0.3, -0.25) is 4.79 Å². The monoisotopic (exact) mass is 434 g/mol. The lowest BCUT2D eigenvalue weighted by Crippen LogP contribution is -2.35. The van der Waals surface area contributed by atoms with Crippen molar-refractivity contribution in [3.05, 3.63) is 29.8 Å². The van der Waals surface area contributed by atoms with Gasteiger partial charge in [0.25, 0.3) is 0 Å². The molecule has 2 aromatic heterocycles. The molecule has 1 aliphatic rings. The molecule has 0 saturated carbocycles. The Morgan fingerprint density at radius 1 is 1.21 bits per heavy atom. The second-order valence-electron chi connectivity index (χ2n) is 6.92. The van der Waals surface area contributed by atoms with E-state index in [2.05, 4.69) is 20.6 Å². The Balaban J connectivity index is 1.41. The molecule has 1 N–H and O–H groups in total. The van der Waals surface area contributed by atoms with Crippen LogP contribution < -0.4 is 5.32 Å². The molecule has 0 unspecified atom stereocenters. The van der Waals surface area contributed by atoms with Crippen LogP contribution in [0.4, 0.5) is 5.13 Å². The van der Waals surface area contributed by atoms with Crippen LogP contribution in [0, 0.1) is 0 Å². The van der Waals surface area contributed by atoms with Gasteiger partial charge in [0, 0.05) is 37.6 Å². The summed E-state index contributed by atoms with van der Waals surface area (Å²) >= 11 is 1.37. The maximum Gasteiger partial charge on any atom is 0.243 e. The first-order chi connectivity index (χ1) is 14.0. The van der Waals surface area contributed by atoms with Gasteiger partial charge in [0.05, 0.1) is 10.4 Å². The predicted octanol–water partition coefficient (Wildman–Crippen LogP) is 2.48. The minimum absolute atomic E-state index is 0.0979. The quantitative estimate of drug-likeness (QED) is 0.612. The van der Waals surface area contributed by atoms with Gasteiger partial charge in [-0.05, 0) is 37.5 Å². The molecule has 0 atom stereocenters. The second kappa shape index (κ2) is 8.56. The topological polar surface area (TPSA) is 110 Å². The summed E-state index contributed by atoms with van der Waals surface area (Å²) in [4.78, 5) is 16.2. The number of rotatable bonds is 7. The first-order valence-electron chi connectivity index (χ1n) is 9.57. The predicted molar refractivity (Wildman–Crippen MR) is 110 cm³/mol. The van der Waals surface area contributed by atoms with Crippen molar-refractivity contribution >= 4 is 43.4 Å². The highest BCUT2D eigenvalue weighted by Crippen LogP contribution is 2.23. The van der Waals surface area contributed by atoms with E-state index in [1.807, 2.05) is 0 Å². The lowest BCUT2D eigenvalue weighted by atomic mass is 10.2. The van der Waals surface area contributed by atoms with Crippen molar-refractivity contribution in [3.63, 3.8) is 0 Å². The Kier molecular flexibility index (Phi) is 5.88. The number of piperidine rings is 1. The minimum Gasteiger partial charge on any atom is -0.302 e. The number of carbonyl (C=O) groups is 1. The molecule has 11 heteroatoms. The van der Waals surface area contributed by atoms with Gasteiger partial charge in [0.1, 0.15) is 5.52 Å². The zero-order valence-corrected chi connectivity index (χ0v) is 17.5. The average Bonchev–Trinajstić information content (AvgIpc) is 3.38. The standard InChI is InChI=1S/C18H22N6O3S2/c25-17(20-18-19-8-12-28-18)5-4-11-24-16-7-6-14(13-15(16)21-22-24)29(26,27)23-9-2-1-3-10-23/h6-8,12-13H,1-5,9-11H2,(H,19,20,25). The first-order valence-corrected chi connectivity index (χ1v) is 11.9. The molecule has 154 valence electrons. The third-order valence-corrected chi connectivity index (χ3v) is 7.47. The number of nitrogens with one attached hydrogen (secondary N) is 1. The Labute approximate surface area is 172 Å². The molecule has 1 aromatic carbocycles. The van der Waals surface area contributed by atoms with Crippen molar-refractivity contribution in [3.8, 4) is 0 Å². The Hall–Kier alpha value is -2.37. The van der Waals surface area contributed by atoms with Gasteiger partial charge in [-0.15, -0.1) is 16.4 Å². The summed E-state index contributed by atoms with van der Waals surface area (Å²) in [6.45, 7) is 1.65. The summed E-state index contributed by atoms with van der Waals surface area (Å²) in [6, 6.07) is 4.93. The smallest absolute Gasteiger partial charge is 0.243 e. The minimum atomic E-state index is -3.50. The van der Waals surface area contributed by atoms with Gasteiger partial charge in [0.15, 0.2) is 5.13 Å². The largest absolute Gasteiger partial charge is 0.302 e. The number of aryl methyl sites for hydroxylation is 1. The molecular weight excluding hydrogens is 412 g/mol. The third kappa shape index (κ3) is 4.46. The van der Waals surface area contributed by atoms with E-state index in [-0.39, 0.29) is 10.8 Å². The van der Waals surface area contributed by atoms with Gasteiger partial charge in [-0.1, -0.05) is 11.6 Å². The molecule has 0 spiro atoms. The molecule has 29 heavy (non-hydrogen) atoms. The molecular formula is C18H22N6O3S2. The second-order valence-corrected chi connectivity index (χ2v) is 9.75. The highest BCUT2D eigenvalue weighted by molar-refractivity contribution is 7.89. The normalized spacial score (nSPS) is 15.6. The summed E-state index contributed by atoms with van der Waals surface area (Å²) in [6.07, 6.45) is 5.43. The van der Waals surface area contributed by atoms with E-state index in [0.29, 0.717) is 43.1 Å². The van der Waals surface area contributed by atoms with E-state index >= 15 is 0 Å². The van der Waals surface area contributed by atoms with Crippen molar-refractivity contribution in [1.29, 1.82) is 0 Å². The van der Waals surface area contributed by atoms with Gasteiger partial charge >= 0.3 is 0 Å². The Bertz CT molecular complexity index is 1090. The number of fused-ring (bicyclic) bond motifs is 1. The number of carbonyl (C=O) groups excluding carboxylic acids is 1. The van der Waals surface area contributed by atoms with Gasteiger partial charge in [-0.2, -0.15) is 4.31 Å². The number of aromatic nitrogens is 4. The van der Waals surface area contributed by atoms with Crippen LogP contribution in [0.1, 0.15) is 32.1 Å². The molecule has 0 radical (unpaired) electrons. The number of hydrogen-bond acceptors (Lipinski definition) is 7. The molecule has 0 bridgehead atoms. The molecule has 3 heterocycles. The number of hydrogen-bond donors (Lipinski definition) is 1. The molecule has 0 aliphatic carbocycles. The van der Waals surface area contributed by atoms with Crippen molar-refractivity contribution in [2.45, 2.75) is 43.5 Å².